The maximum atomic E-state index is 12.6. The minimum absolute atomic E-state index is 0.167. The summed E-state index contributed by atoms with van der Waals surface area (Å²) in [5.41, 5.74) is 0.990. The van der Waals surface area contributed by atoms with Gasteiger partial charge in [-0.2, -0.15) is 0 Å². The first-order chi connectivity index (χ1) is 12.1. The van der Waals surface area contributed by atoms with E-state index in [0.717, 1.165) is 17.2 Å². The summed E-state index contributed by atoms with van der Waals surface area (Å²) in [7, 11) is 0. The Bertz CT molecular complexity index is 804. The van der Waals surface area contributed by atoms with E-state index < -0.39 is 18.2 Å². The van der Waals surface area contributed by atoms with Crippen molar-refractivity contribution in [1.29, 1.82) is 0 Å². The summed E-state index contributed by atoms with van der Waals surface area (Å²) >= 11 is 0. The van der Waals surface area contributed by atoms with Crippen molar-refractivity contribution in [2.45, 2.75) is 38.1 Å². The third kappa shape index (κ3) is 2.89. The molecule has 0 spiro atoms. The standard InChI is InChI=1S/C17H18N4O4/c22-16(12-6-7-13(25-12)17(23)24)20-8-9-21-14(10-20)18-19-15(21)11-4-2-1-3-5-11/h1-5,12-13H,6-10H2,(H,23,24)/t12-,13+/m0/s1. The smallest absolute Gasteiger partial charge is 0.332 e. The number of rotatable bonds is 3. The zero-order valence-corrected chi connectivity index (χ0v) is 13.5. The second-order valence-electron chi connectivity index (χ2n) is 6.25. The largest absolute Gasteiger partial charge is 0.479 e. The molecule has 1 aromatic heterocycles. The molecular weight excluding hydrogens is 324 g/mol. The number of carbonyl (C=O) groups excluding carboxylic acids is 1. The normalized spacial score (nSPS) is 22.6. The van der Waals surface area contributed by atoms with Crippen LogP contribution >= 0.6 is 0 Å². The number of fused-ring (bicyclic) bond motifs is 1. The van der Waals surface area contributed by atoms with Gasteiger partial charge in [-0.3, -0.25) is 4.79 Å². The molecule has 2 aliphatic heterocycles. The quantitative estimate of drug-likeness (QED) is 0.891. The predicted octanol–water partition coefficient (Wildman–Crippen LogP) is 0.919. The molecule has 8 heteroatoms. The van der Waals surface area contributed by atoms with Crippen molar-refractivity contribution < 1.29 is 19.4 Å². The lowest BCUT2D eigenvalue weighted by Crippen LogP contribution is -2.44. The molecule has 1 saturated heterocycles. The molecule has 0 radical (unpaired) electrons. The Balaban J connectivity index is 1.48. The van der Waals surface area contributed by atoms with Crippen molar-refractivity contribution >= 4 is 11.9 Å². The molecule has 2 atom stereocenters. The summed E-state index contributed by atoms with van der Waals surface area (Å²) < 4.78 is 7.39. The Labute approximate surface area is 144 Å². The van der Waals surface area contributed by atoms with E-state index in [1.807, 2.05) is 34.9 Å². The van der Waals surface area contributed by atoms with Gasteiger partial charge < -0.3 is 19.3 Å². The van der Waals surface area contributed by atoms with Gasteiger partial charge in [0.25, 0.3) is 5.91 Å². The van der Waals surface area contributed by atoms with Crippen molar-refractivity contribution in [2.24, 2.45) is 0 Å². The highest BCUT2D eigenvalue weighted by Gasteiger charge is 2.38. The molecule has 0 saturated carbocycles. The molecule has 0 unspecified atom stereocenters. The van der Waals surface area contributed by atoms with Crippen LogP contribution in [-0.4, -0.2) is 55.4 Å². The number of aromatic nitrogens is 3. The van der Waals surface area contributed by atoms with Gasteiger partial charge >= 0.3 is 5.97 Å². The lowest BCUT2D eigenvalue weighted by atomic mass is 10.1. The Hall–Kier alpha value is -2.74. The zero-order valence-electron chi connectivity index (χ0n) is 13.5. The number of benzene rings is 1. The summed E-state index contributed by atoms with van der Waals surface area (Å²) in [6.45, 7) is 1.49. The van der Waals surface area contributed by atoms with Crippen molar-refractivity contribution in [3.05, 3.63) is 36.2 Å². The van der Waals surface area contributed by atoms with Crippen LogP contribution in [0.3, 0.4) is 0 Å². The van der Waals surface area contributed by atoms with Gasteiger partial charge in [-0.05, 0) is 12.8 Å². The highest BCUT2D eigenvalue weighted by molar-refractivity contribution is 5.82. The first kappa shape index (κ1) is 15.8. The number of nitrogens with zero attached hydrogens (tertiary/aromatic N) is 4. The molecule has 1 aromatic carbocycles. The molecule has 2 aromatic rings. The van der Waals surface area contributed by atoms with Gasteiger partial charge in [-0.25, -0.2) is 4.79 Å². The fourth-order valence-electron chi connectivity index (χ4n) is 3.35. The average Bonchev–Trinajstić information content (AvgIpc) is 3.28. The molecule has 8 nitrogen and oxygen atoms in total. The maximum absolute atomic E-state index is 12.6. The molecule has 1 amide bonds. The number of hydrogen-bond acceptors (Lipinski definition) is 5. The van der Waals surface area contributed by atoms with Crippen molar-refractivity contribution in [3.63, 3.8) is 0 Å². The lowest BCUT2D eigenvalue weighted by molar-refractivity contribution is -0.155. The number of carboxylic acids is 1. The second kappa shape index (κ2) is 6.29. The van der Waals surface area contributed by atoms with E-state index in [0.29, 0.717) is 32.5 Å². The maximum Gasteiger partial charge on any atom is 0.332 e. The lowest BCUT2D eigenvalue weighted by Gasteiger charge is -2.29. The molecule has 130 valence electrons. The first-order valence-electron chi connectivity index (χ1n) is 8.28. The van der Waals surface area contributed by atoms with Crippen molar-refractivity contribution in [2.75, 3.05) is 6.54 Å². The molecule has 25 heavy (non-hydrogen) atoms. The Kier molecular flexibility index (Phi) is 3.96. The first-order valence-corrected chi connectivity index (χ1v) is 8.28. The highest BCUT2D eigenvalue weighted by Crippen LogP contribution is 2.25. The van der Waals surface area contributed by atoms with E-state index in [2.05, 4.69) is 10.2 Å². The van der Waals surface area contributed by atoms with Gasteiger partial charge in [0.05, 0.1) is 6.54 Å². The van der Waals surface area contributed by atoms with Gasteiger partial charge in [0.1, 0.15) is 6.10 Å². The van der Waals surface area contributed by atoms with Crippen LogP contribution in [0.5, 0.6) is 0 Å². The highest BCUT2D eigenvalue weighted by atomic mass is 16.5. The van der Waals surface area contributed by atoms with Crippen LogP contribution in [0.15, 0.2) is 30.3 Å². The van der Waals surface area contributed by atoms with Crippen LogP contribution < -0.4 is 0 Å². The number of aliphatic carboxylic acids is 1. The summed E-state index contributed by atoms with van der Waals surface area (Å²) in [6.07, 6.45) is -0.751. The molecule has 2 aliphatic rings. The van der Waals surface area contributed by atoms with Gasteiger partial charge in [0, 0.05) is 18.7 Å². The summed E-state index contributed by atoms with van der Waals surface area (Å²) in [5.74, 6) is 0.345. The minimum atomic E-state index is -1.01. The van der Waals surface area contributed by atoms with Gasteiger partial charge in [-0.1, -0.05) is 30.3 Å². The van der Waals surface area contributed by atoms with E-state index in [9.17, 15) is 9.59 Å². The van der Waals surface area contributed by atoms with Crippen molar-refractivity contribution in [3.8, 4) is 11.4 Å². The monoisotopic (exact) mass is 342 g/mol. The Morgan fingerprint density at radius 2 is 1.84 bits per heavy atom. The molecule has 3 heterocycles. The number of amides is 1. The third-order valence-electron chi connectivity index (χ3n) is 4.67. The number of carbonyl (C=O) groups is 2. The Morgan fingerprint density at radius 1 is 1.08 bits per heavy atom. The van der Waals surface area contributed by atoms with Crippen LogP contribution in [-0.2, 0) is 27.4 Å². The fourth-order valence-corrected chi connectivity index (χ4v) is 3.35. The van der Waals surface area contributed by atoms with Crippen LogP contribution in [0.1, 0.15) is 18.7 Å². The molecule has 0 aliphatic carbocycles. The average molecular weight is 342 g/mol. The summed E-state index contributed by atoms with van der Waals surface area (Å²) in [5, 5.41) is 17.5. The van der Waals surface area contributed by atoms with Gasteiger partial charge in [0.2, 0.25) is 0 Å². The molecule has 1 fully saturated rings. The van der Waals surface area contributed by atoms with Crippen LogP contribution in [0.25, 0.3) is 11.4 Å². The molecule has 4 rings (SSSR count). The molecule has 0 bridgehead atoms. The third-order valence-corrected chi connectivity index (χ3v) is 4.67. The van der Waals surface area contributed by atoms with Crippen molar-refractivity contribution in [1.82, 2.24) is 19.7 Å². The number of hydrogen-bond donors (Lipinski definition) is 1. The zero-order chi connectivity index (χ0) is 17.4. The molecule has 1 N–H and O–H groups in total. The van der Waals surface area contributed by atoms with Crippen LogP contribution in [0.2, 0.25) is 0 Å². The minimum Gasteiger partial charge on any atom is -0.479 e. The summed E-state index contributed by atoms with van der Waals surface area (Å²) in [6, 6.07) is 9.81. The van der Waals surface area contributed by atoms with E-state index in [1.54, 1.807) is 4.90 Å². The van der Waals surface area contributed by atoms with Gasteiger partial charge in [-0.15, -0.1) is 10.2 Å². The SMILES string of the molecule is O=C(O)[C@H]1CC[C@@H](C(=O)N2CCn3c(nnc3-c3ccccc3)C2)O1. The topological polar surface area (TPSA) is 97.6 Å². The van der Waals surface area contributed by atoms with Gasteiger partial charge in [0.15, 0.2) is 17.8 Å². The van der Waals surface area contributed by atoms with E-state index in [1.165, 1.54) is 0 Å². The van der Waals surface area contributed by atoms with Crippen LogP contribution in [0, 0.1) is 0 Å². The Morgan fingerprint density at radius 3 is 2.56 bits per heavy atom. The van der Waals surface area contributed by atoms with E-state index in [4.69, 9.17) is 9.84 Å². The van der Waals surface area contributed by atoms with Crippen LogP contribution in [0.4, 0.5) is 0 Å². The van der Waals surface area contributed by atoms with E-state index >= 15 is 0 Å². The molecular formula is C17H18N4O4. The number of carboxylic acid groups (broad SMARTS) is 1. The van der Waals surface area contributed by atoms with E-state index in [-0.39, 0.29) is 5.91 Å². The second-order valence-corrected chi connectivity index (χ2v) is 6.25. The summed E-state index contributed by atoms with van der Waals surface area (Å²) in [4.78, 5) is 25.3. The fraction of sp³-hybridized carbons (Fsp3) is 0.412. The predicted molar refractivity (Wildman–Crippen MR) is 86.4 cm³/mol. The number of ether oxygens (including phenoxy) is 1.